The third kappa shape index (κ3) is 3.82. The number of aliphatic hydroxyl groups is 1. The third-order valence-electron chi connectivity index (χ3n) is 3.96. The average Bonchev–Trinajstić information content (AvgIpc) is 2.70. The summed E-state index contributed by atoms with van der Waals surface area (Å²) in [7, 11) is 0. The zero-order valence-corrected chi connectivity index (χ0v) is 14.6. The summed E-state index contributed by atoms with van der Waals surface area (Å²) in [6.45, 7) is 0. The van der Waals surface area contributed by atoms with Crippen molar-refractivity contribution in [3.8, 4) is 0 Å². The summed E-state index contributed by atoms with van der Waals surface area (Å²) in [5.74, 6) is -0.639. The highest BCUT2D eigenvalue weighted by molar-refractivity contribution is 6.30. The molecule has 0 saturated carbocycles. The van der Waals surface area contributed by atoms with Crippen LogP contribution in [0.25, 0.3) is 0 Å². The maximum Gasteiger partial charge on any atom is 0.281 e. The molecule has 5 heteroatoms. The van der Waals surface area contributed by atoms with E-state index in [1.807, 2.05) is 12.1 Å². The van der Waals surface area contributed by atoms with E-state index in [0.29, 0.717) is 16.1 Å². The van der Waals surface area contributed by atoms with Crippen molar-refractivity contribution in [2.45, 2.75) is 5.60 Å². The Balaban J connectivity index is 1.87. The Morgan fingerprint density at radius 2 is 1.38 bits per heavy atom. The van der Waals surface area contributed by atoms with E-state index in [1.165, 1.54) is 6.21 Å². The molecule has 0 aliphatic carbocycles. The second kappa shape index (κ2) is 7.95. The van der Waals surface area contributed by atoms with Gasteiger partial charge < -0.3 is 5.11 Å². The van der Waals surface area contributed by atoms with Crippen molar-refractivity contribution in [1.82, 2.24) is 5.43 Å². The van der Waals surface area contributed by atoms with Crippen LogP contribution in [0.1, 0.15) is 16.7 Å². The summed E-state index contributed by atoms with van der Waals surface area (Å²) in [5, 5.41) is 15.8. The molecule has 0 heterocycles. The molecule has 0 bridgehead atoms. The van der Waals surface area contributed by atoms with Crippen LogP contribution in [-0.2, 0) is 10.4 Å². The van der Waals surface area contributed by atoms with Crippen LogP contribution in [0.5, 0.6) is 0 Å². The monoisotopic (exact) mass is 364 g/mol. The Labute approximate surface area is 156 Å². The highest BCUT2D eigenvalue weighted by atomic mass is 35.5. The zero-order chi connectivity index (χ0) is 18.4. The van der Waals surface area contributed by atoms with Crippen molar-refractivity contribution in [3.05, 3.63) is 107 Å². The van der Waals surface area contributed by atoms with Crippen molar-refractivity contribution in [2.75, 3.05) is 0 Å². The molecule has 130 valence electrons. The lowest BCUT2D eigenvalue weighted by atomic mass is 9.85. The van der Waals surface area contributed by atoms with Gasteiger partial charge in [0.05, 0.1) is 6.21 Å². The first-order chi connectivity index (χ1) is 12.6. The number of hydrogen-bond donors (Lipinski definition) is 2. The predicted molar refractivity (Wildman–Crippen MR) is 103 cm³/mol. The lowest BCUT2D eigenvalue weighted by Crippen LogP contribution is -2.43. The molecule has 4 nitrogen and oxygen atoms in total. The van der Waals surface area contributed by atoms with Gasteiger partial charge in [0.15, 0.2) is 5.60 Å². The van der Waals surface area contributed by atoms with Crippen LogP contribution in [0.3, 0.4) is 0 Å². The van der Waals surface area contributed by atoms with E-state index in [1.54, 1.807) is 72.8 Å². The van der Waals surface area contributed by atoms with Crippen molar-refractivity contribution < 1.29 is 9.90 Å². The zero-order valence-electron chi connectivity index (χ0n) is 13.8. The number of hydrogen-bond acceptors (Lipinski definition) is 3. The van der Waals surface area contributed by atoms with Crippen molar-refractivity contribution in [3.63, 3.8) is 0 Å². The molecule has 0 aromatic heterocycles. The highest BCUT2D eigenvalue weighted by Gasteiger charge is 2.39. The van der Waals surface area contributed by atoms with Gasteiger partial charge in [-0.05, 0) is 28.8 Å². The van der Waals surface area contributed by atoms with Crippen LogP contribution in [0.2, 0.25) is 5.02 Å². The quantitative estimate of drug-likeness (QED) is 0.535. The van der Waals surface area contributed by atoms with Gasteiger partial charge in [0.25, 0.3) is 5.91 Å². The maximum atomic E-state index is 12.8. The molecule has 3 aromatic rings. The van der Waals surface area contributed by atoms with Gasteiger partial charge in [-0.3, -0.25) is 4.79 Å². The minimum absolute atomic E-state index is 0.463. The Kier molecular flexibility index (Phi) is 5.46. The van der Waals surface area contributed by atoms with Crippen molar-refractivity contribution in [2.24, 2.45) is 5.10 Å². The Bertz CT molecular complexity index is 855. The van der Waals surface area contributed by atoms with Gasteiger partial charge >= 0.3 is 0 Å². The first-order valence-corrected chi connectivity index (χ1v) is 8.41. The first-order valence-electron chi connectivity index (χ1n) is 8.03. The number of benzene rings is 3. The number of carbonyl (C=O) groups excluding carboxylic acids is 1. The maximum absolute atomic E-state index is 12.8. The Morgan fingerprint density at radius 1 is 0.885 bits per heavy atom. The number of rotatable bonds is 5. The van der Waals surface area contributed by atoms with Crippen molar-refractivity contribution in [1.29, 1.82) is 0 Å². The third-order valence-corrected chi connectivity index (χ3v) is 4.21. The van der Waals surface area contributed by atoms with Crippen LogP contribution < -0.4 is 5.43 Å². The molecule has 0 spiro atoms. The molecule has 3 rings (SSSR count). The smallest absolute Gasteiger partial charge is 0.281 e. The Hall–Kier alpha value is -2.95. The molecule has 3 aromatic carbocycles. The van der Waals surface area contributed by atoms with Crippen LogP contribution in [0, 0.1) is 0 Å². The topological polar surface area (TPSA) is 61.7 Å². The van der Waals surface area contributed by atoms with Gasteiger partial charge in [-0.1, -0.05) is 84.4 Å². The number of nitrogens with zero attached hydrogens (tertiary/aromatic N) is 1. The van der Waals surface area contributed by atoms with Gasteiger partial charge in [-0.25, -0.2) is 5.43 Å². The summed E-state index contributed by atoms with van der Waals surface area (Å²) in [5.41, 5.74) is 2.29. The van der Waals surface area contributed by atoms with Crippen LogP contribution >= 0.6 is 11.6 Å². The van der Waals surface area contributed by atoms with E-state index in [2.05, 4.69) is 10.5 Å². The minimum atomic E-state index is -1.85. The Morgan fingerprint density at radius 3 is 1.88 bits per heavy atom. The van der Waals surface area contributed by atoms with Crippen LogP contribution in [0.15, 0.2) is 90.0 Å². The standard InChI is InChI=1S/C21H17ClN2O2/c22-19-13-11-16(12-14-19)15-23-24-20(25)21(26,17-7-3-1-4-8-17)18-9-5-2-6-10-18/h1-15,26H,(H,24,25)/b23-15-. The van der Waals surface area contributed by atoms with Crippen molar-refractivity contribution >= 4 is 23.7 Å². The fraction of sp³-hybridized carbons (Fsp3) is 0.0476. The molecule has 0 saturated heterocycles. The molecule has 0 atom stereocenters. The summed E-state index contributed by atoms with van der Waals surface area (Å²) < 4.78 is 0. The predicted octanol–water partition coefficient (Wildman–Crippen LogP) is 3.73. The highest BCUT2D eigenvalue weighted by Crippen LogP contribution is 2.29. The van der Waals surface area contributed by atoms with Gasteiger partial charge in [-0.2, -0.15) is 5.10 Å². The van der Waals surface area contributed by atoms with Gasteiger partial charge in [0.1, 0.15) is 0 Å². The molecule has 0 radical (unpaired) electrons. The van der Waals surface area contributed by atoms with E-state index < -0.39 is 11.5 Å². The van der Waals surface area contributed by atoms with Gasteiger partial charge in [0.2, 0.25) is 0 Å². The molecule has 26 heavy (non-hydrogen) atoms. The van der Waals surface area contributed by atoms with E-state index in [4.69, 9.17) is 11.6 Å². The summed E-state index contributed by atoms with van der Waals surface area (Å²) in [6.07, 6.45) is 1.49. The fourth-order valence-electron chi connectivity index (χ4n) is 2.58. The number of halogens is 1. The van der Waals surface area contributed by atoms with E-state index in [0.717, 1.165) is 5.56 Å². The number of carbonyl (C=O) groups is 1. The molecule has 2 N–H and O–H groups in total. The summed E-state index contributed by atoms with van der Waals surface area (Å²) >= 11 is 5.84. The van der Waals surface area contributed by atoms with Gasteiger partial charge in [0, 0.05) is 5.02 Å². The van der Waals surface area contributed by atoms with E-state index >= 15 is 0 Å². The molecule has 0 aliphatic heterocycles. The molecule has 1 amide bonds. The minimum Gasteiger partial charge on any atom is -0.372 e. The SMILES string of the molecule is O=C(N/N=C\c1ccc(Cl)cc1)C(O)(c1ccccc1)c1ccccc1. The average molecular weight is 365 g/mol. The van der Waals surface area contributed by atoms with Crippen LogP contribution in [0.4, 0.5) is 0 Å². The van der Waals surface area contributed by atoms with Crippen LogP contribution in [-0.4, -0.2) is 17.2 Å². The second-order valence-corrected chi connectivity index (χ2v) is 6.13. The molecular weight excluding hydrogens is 348 g/mol. The lowest BCUT2D eigenvalue weighted by molar-refractivity contribution is -0.136. The largest absolute Gasteiger partial charge is 0.372 e. The molecule has 0 fully saturated rings. The van der Waals surface area contributed by atoms with E-state index in [9.17, 15) is 9.90 Å². The second-order valence-electron chi connectivity index (χ2n) is 5.69. The molecule has 0 aliphatic rings. The fourth-order valence-corrected chi connectivity index (χ4v) is 2.71. The first kappa shape index (κ1) is 17.9. The number of amides is 1. The summed E-state index contributed by atoms with van der Waals surface area (Å²) in [6, 6.07) is 24.6. The van der Waals surface area contributed by atoms with E-state index in [-0.39, 0.29) is 0 Å². The normalized spacial score (nSPS) is 11.5. The number of hydrazone groups is 1. The lowest BCUT2D eigenvalue weighted by Gasteiger charge is -2.27. The summed E-state index contributed by atoms with van der Waals surface area (Å²) in [4.78, 5) is 12.8. The molecule has 0 unspecified atom stereocenters. The number of nitrogens with one attached hydrogen (secondary N) is 1. The van der Waals surface area contributed by atoms with Gasteiger partial charge in [-0.15, -0.1) is 0 Å². The molecular formula is C21H17ClN2O2.